The third-order valence-electron chi connectivity index (χ3n) is 6.12. The summed E-state index contributed by atoms with van der Waals surface area (Å²) in [5, 5.41) is 7.71. The summed E-state index contributed by atoms with van der Waals surface area (Å²) in [4.78, 5) is 28.5. The van der Waals surface area contributed by atoms with E-state index in [1.54, 1.807) is 43.2 Å². The monoisotopic (exact) mass is 477 g/mol. The first-order valence-electron chi connectivity index (χ1n) is 11.7. The van der Waals surface area contributed by atoms with E-state index >= 15 is 0 Å². The maximum Gasteiger partial charge on any atom is 0.224 e. The van der Waals surface area contributed by atoms with Gasteiger partial charge in [0.25, 0.3) is 0 Å². The number of methoxy groups -OCH3 is 1. The van der Waals surface area contributed by atoms with Gasteiger partial charge < -0.3 is 19.0 Å². The molecule has 9 heteroatoms. The molecule has 0 radical (unpaired) electrons. The lowest BCUT2D eigenvalue weighted by Gasteiger charge is -2.26. The average Bonchev–Trinajstić information content (AvgIpc) is 3.56. The number of nitrogens with zero attached hydrogens (tertiary/aromatic N) is 5. The lowest BCUT2D eigenvalue weighted by atomic mass is 10.0. The van der Waals surface area contributed by atoms with E-state index in [1.165, 1.54) is 0 Å². The number of rotatable bonds is 9. The van der Waals surface area contributed by atoms with Gasteiger partial charge in [-0.2, -0.15) is 0 Å². The Hall–Kier alpha value is -3.88. The largest absolute Gasteiger partial charge is 0.496 e. The van der Waals surface area contributed by atoms with Crippen molar-refractivity contribution in [1.29, 1.82) is 0 Å². The zero-order valence-corrected chi connectivity index (χ0v) is 20.4. The number of hydrogen-bond donors (Lipinski definition) is 0. The van der Waals surface area contributed by atoms with Crippen molar-refractivity contribution in [3.63, 3.8) is 0 Å². The first-order chi connectivity index (χ1) is 17.0. The molecule has 0 unspecified atom stereocenters. The molecule has 184 valence electrons. The van der Waals surface area contributed by atoms with Gasteiger partial charge in [-0.15, -0.1) is 5.10 Å². The lowest BCUT2D eigenvalue weighted by molar-refractivity contribution is -0.131. The van der Waals surface area contributed by atoms with Gasteiger partial charge >= 0.3 is 0 Å². The molecular weight excluding hydrogens is 446 g/mol. The van der Waals surface area contributed by atoms with Crippen molar-refractivity contribution in [3.05, 3.63) is 60.3 Å². The molecule has 0 N–H and O–H groups in total. The molecular formula is C26H31N5O4. The van der Waals surface area contributed by atoms with Crippen molar-refractivity contribution in [1.82, 2.24) is 24.8 Å². The minimum Gasteiger partial charge on any atom is -0.496 e. The zero-order valence-electron chi connectivity index (χ0n) is 20.4. The van der Waals surface area contributed by atoms with Crippen molar-refractivity contribution in [2.75, 3.05) is 34.3 Å². The van der Waals surface area contributed by atoms with E-state index in [0.29, 0.717) is 44.7 Å². The maximum atomic E-state index is 12.8. The third kappa shape index (κ3) is 5.79. The molecule has 0 bridgehead atoms. The summed E-state index contributed by atoms with van der Waals surface area (Å²) in [5.41, 5.74) is 2.78. The molecule has 3 heterocycles. The number of aryl methyl sites for hydroxylation is 2. The molecule has 4 rings (SSSR count). The molecule has 2 aromatic heterocycles. The number of aromatic nitrogens is 3. The number of hydrogen-bond acceptors (Lipinski definition) is 6. The number of carbonyl (C=O) groups is 2. The Morgan fingerprint density at radius 2 is 2.00 bits per heavy atom. The molecule has 0 saturated heterocycles. The first-order valence-corrected chi connectivity index (χ1v) is 11.7. The van der Waals surface area contributed by atoms with E-state index in [2.05, 4.69) is 16.4 Å². The Bertz CT molecular complexity index is 1200. The van der Waals surface area contributed by atoms with Crippen LogP contribution in [0.5, 0.6) is 5.75 Å². The first kappa shape index (κ1) is 24.3. The Morgan fingerprint density at radius 3 is 2.74 bits per heavy atom. The highest BCUT2D eigenvalue weighted by Crippen LogP contribution is 2.37. The Labute approximate surface area is 205 Å². The normalized spacial score (nSPS) is 13.5. The van der Waals surface area contributed by atoms with Gasteiger partial charge in [0.1, 0.15) is 17.3 Å². The SMILES string of the molecule is COc1ccccc1-c1cc(C2=CCCN(C(=O)CCn3ccnn3)C2)oc1CCC(=O)N(C)C. The van der Waals surface area contributed by atoms with Gasteiger partial charge in [-0.1, -0.05) is 29.5 Å². The van der Waals surface area contributed by atoms with Crippen LogP contribution in [0.3, 0.4) is 0 Å². The van der Waals surface area contributed by atoms with Crippen molar-refractivity contribution < 1.29 is 18.7 Å². The highest BCUT2D eigenvalue weighted by atomic mass is 16.5. The Morgan fingerprint density at radius 1 is 1.17 bits per heavy atom. The van der Waals surface area contributed by atoms with Crippen LogP contribution < -0.4 is 4.74 Å². The fraction of sp³-hybridized carbons (Fsp3) is 0.385. The molecule has 3 aromatic rings. The number of benzene rings is 1. The van der Waals surface area contributed by atoms with E-state index in [-0.39, 0.29) is 11.8 Å². The van der Waals surface area contributed by atoms with Crippen LogP contribution in [0.2, 0.25) is 0 Å². The molecule has 0 fully saturated rings. The highest BCUT2D eigenvalue weighted by Gasteiger charge is 2.24. The highest BCUT2D eigenvalue weighted by molar-refractivity contribution is 5.82. The summed E-state index contributed by atoms with van der Waals surface area (Å²) in [6.07, 6.45) is 7.40. The van der Waals surface area contributed by atoms with Crippen LogP contribution in [0.15, 0.2) is 53.2 Å². The molecule has 1 aromatic carbocycles. The fourth-order valence-electron chi connectivity index (χ4n) is 4.17. The molecule has 1 aliphatic heterocycles. The number of ether oxygens (including phenoxy) is 1. The van der Waals surface area contributed by atoms with Gasteiger partial charge in [-0.3, -0.25) is 14.3 Å². The van der Waals surface area contributed by atoms with E-state index in [9.17, 15) is 9.59 Å². The number of furan rings is 1. The zero-order chi connectivity index (χ0) is 24.8. The van der Waals surface area contributed by atoms with Gasteiger partial charge in [-0.25, -0.2) is 0 Å². The molecule has 35 heavy (non-hydrogen) atoms. The smallest absolute Gasteiger partial charge is 0.224 e. The number of amides is 2. The average molecular weight is 478 g/mol. The second kappa shape index (κ2) is 11.0. The summed E-state index contributed by atoms with van der Waals surface area (Å²) in [6.45, 7) is 1.65. The van der Waals surface area contributed by atoms with E-state index in [1.807, 2.05) is 35.2 Å². The van der Waals surface area contributed by atoms with Crippen molar-refractivity contribution in [2.45, 2.75) is 32.2 Å². The van der Waals surface area contributed by atoms with Crippen LogP contribution in [0, 0.1) is 0 Å². The van der Waals surface area contributed by atoms with Crippen molar-refractivity contribution in [3.8, 4) is 16.9 Å². The number of para-hydroxylation sites is 1. The minimum absolute atomic E-state index is 0.0370. The van der Waals surface area contributed by atoms with Gasteiger partial charge in [0, 0.05) is 69.3 Å². The van der Waals surface area contributed by atoms with Crippen LogP contribution in [-0.4, -0.2) is 70.9 Å². The summed E-state index contributed by atoms with van der Waals surface area (Å²) >= 11 is 0. The van der Waals surface area contributed by atoms with Crippen LogP contribution in [-0.2, 0) is 22.6 Å². The maximum absolute atomic E-state index is 12.8. The fourth-order valence-corrected chi connectivity index (χ4v) is 4.17. The molecule has 0 atom stereocenters. The van der Waals surface area contributed by atoms with Crippen LogP contribution in [0.25, 0.3) is 16.7 Å². The predicted octanol–water partition coefficient (Wildman–Crippen LogP) is 3.27. The molecule has 9 nitrogen and oxygen atoms in total. The molecule has 1 aliphatic rings. The number of carbonyl (C=O) groups excluding carboxylic acids is 2. The van der Waals surface area contributed by atoms with Crippen molar-refractivity contribution in [2.24, 2.45) is 0 Å². The summed E-state index contributed by atoms with van der Waals surface area (Å²) in [7, 11) is 5.14. The van der Waals surface area contributed by atoms with E-state index < -0.39 is 0 Å². The van der Waals surface area contributed by atoms with Crippen molar-refractivity contribution >= 4 is 17.4 Å². The van der Waals surface area contributed by atoms with E-state index in [4.69, 9.17) is 9.15 Å². The van der Waals surface area contributed by atoms with Crippen LogP contribution in [0.1, 0.15) is 30.8 Å². The third-order valence-corrected chi connectivity index (χ3v) is 6.12. The molecule has 0 saturated carbocycles. The lowest BCUT2D eigenvalue weighted by Crippen LogP contribution is -2.35. The second-order valence-electron chi connectivity index (χ2n) is 8.69. The summed E-state index contributed by atoms with van der Waals surface area (Å²) < 4.78 is 13.6. The van der Waals surface area contributed by atoms with Gasteiger partial charge in [0.15, 0.2) is 0 Å². The standard InChI is InChI=1S/C26H31N5O4/c1-29(2)25(32)11-10-23-21(20-8-4-5-9-22(20)34-3)17-24(35-23)19-7-6-14-30(18-19)26(33)12-15-31-16-13-27-28-31/h4-5,7-9,13,16-17H,6,10-12,14-15,18H2,1-3H3. The minimum atomic E-state index is 0.0370. The van der Waals surface area contributed by atoms with Crippen LogP contribution >= 0.6 is 0 Å². The summed E-state index contributed by atoms with van der Waals surface area (Å²) in [6, 6.07) is 9.77. The van der Waals surface area contributed by atoms with Gasteiger partial charge in [-0.05, 0) is 18.6 Å². The Balaban J connectivity index is 1.56. The van der Waals surface area contributed by atoms with Gasteiger partial charge in [0.2, 0.25) is 11.8 Å². The molecule has 0 spiro atoms. The summed E-state index contributed by atoms with van der Waals surface area (Å²) in [5.74, 6) is 2.29. The Kier molecular flexibility index (Phi) is 7.64. The van der Waals surface area contributed by atoms with Gasteiger partial charge in [0.05, 0.1) is 19.9 Å². The quantitative estimate of drug-likeness (QED) is 0.470. The predicted molar refractivity (Wildman–Crippen MR) is 132 cm³/mol. The van der Waals surface area contributed by atoms with Crippen LogP contribution in [0.4, 0.5) is 0 Å². The molecule has 2 amide bonds. The van der Waals surface area contributed by atoms with E-state index in [0.717, 1.165) is 34.6 Å². The second-order valence-corrected chi connectivity index (χ2v) is 8.69. The topological polar surface area (TPSA) is 93.7 Å². The molecule has 0 aliphatic carbocycles.